The molecular weight excluding hydrogens is 184 g/mol. The second-order valence-corrected chi connectivity index (χ2v) is 4.42. The third kappa shape index (κ3) is 2.72. The van der Waals surface area contributed by atoms with Crippen molar-refractivity contribution in [1.82, 2.24) is 0 Å². The highest BCUT2D eigenvalue weighted by Gasteiger charge is 2.34. The van der Waals surface area contributed by atoms with Gasteiger partial charge in [-0.3, -0.25) is 0 Å². The van der Waals surface area contributed by atoms with Gasteiger partial charge in [0.2, 0.25) is 0 Å². The molecule has 1 aromatic rings. The molecule has 1 aliphatic rings. The summed E-state index contributed by atoms with van der Waals surface area (Å²) in [5.41, 5.74) is 8.23. The van der Waals surface area contributed by atoms with Crippen molar-refractivity contribution < 1.29 is 0 Å². The van der Waals surface area contributed by atoms with Crippen LogP contribution >= 0.6 is 0 Å². The number of hydrogen-bond donors (Lipinski definition) is 2. The zero-order valence-electron chi connectivity index (χ0n) is 9.37. The lowest BCUT2D eigenvalue weighted by Gasteiger charge is -2.06. The van der Waals surface area contributed by atoms with Gasteiger partial charge in [-0.2, -0.15) is 0 Å². The lowest BCUT2D eigenvalue weighted by atomic mass is 10.1. The van der Waals surface area contributed by atoms with Crippen LogP contribution in [0.2, 0.25) is 0 Å². The van der Waals surface area contributed by atoms with Gasteiger partial charge in [0.1, 0.15) is 0 Å². The van der Waals surface area contributed by atoms with E-state index in [9.17, 15) is 0 Å². The van der Waals surface area contributed by atoms with E-state index in [0.717, 1.165) is 31.3 Å². The zero-order chi connectivity index (χ0) is 10.7. The SMILES string of the molecule is CCc1ccc(NC[C@@H]2C[C@@H]2CN)cc1. The third-order valence-corrected chi connectivity index (χ3v) is 3.30. The fourth-order valence-electron chi connectivity index (χ4n) is 1.96. The predicted octanol–water partition coefficient (Wildman–Crippen LogP) is 2.26. The minimum Gasteiger partial charge on any atom is -0.385 e. The van der Waals surface area contributed by atoms with Crippen molar-refractivity contribution >= 4 is 5.69 Å². The Labute approximate surface area is 91.9 Å². The van der Waals surface area contributed by atoms with Crippen LogP contribution in [0.4, 0.5) is 5.69 Å². The molecule has 0 saturated heterocycles. The van der Waals surface area contributed by atoms with Gasteiger partial charge in [-0.1, -0.05) is 19.1 Å². The quantitative estimate of drug-likeness (QED) is 0.772. The number of nitrogens with two attached hydrogens (primary N) is 1. The van der Waals surface area contributed by atoms with E-state index >= 15 is 0 Å². The summed E-state index contributed by atoms with van der Waals surface area (Å²) in [4.78, 5) is 0. The molecule has 1 aliphatic carbocycles. The maximum atomic E-state index is 5.60. The summed E-state index contributed by atoms with van der Waals surface area (Å²) in [5, 5.41) is 3.47. The van der Waals surface area contributed by atoms with Gasteiger partial charge >= 0.3 is 0 Å². The highest BCUT2D eigenvalue weighted by Crippen LogP contribution is 2.37. The normalized spacial score (nSPS) is 23.9. The second-order valence-electron chi connectivity index (χ2n) is 4.42. The fraction of sp³-hybridized carbons (Fsp3) is 0.538. The minimum atomic E-state index is 0.771. The highest BCUT2D eigenvalue weighted by molar-refractivity contribution is 5.44. The molecule has 1 fully saturated rings. The Balaban J connectivity index is 1.79. The van der Waals surface area contributed by atoms with Gasteiger partial charge < -0.3 is 11.1 Å². The molecule has 15 heavy (non-hydrogen) atoms. The largest absolute Gasteiger partial charge is 0.385 e. The van der Waals surface area contributed by atoms with Crippen molar-refractivity contribution in [2.45, 2.75) is 19.8 Å². The Kier molecular flexibility index (Phi) is 3.27. The van der Waals surface area contributed by atoms with Crippen LogP contribution in [-0.4, -0.2) is 13.1 Å². The maximum absolute atomic E-state index is 5.60. The molecule has 0 amide bonds. The van der Waals surface area contributed by atoms with Gasteiger partial charge in [0.05, 0.1) is 0 Å². The van der Waals surface area contributed by atoms with Crippen LogP contribution in [0.25, 0.3) is 0 Å². The van der Waals surface area contributed by atoms with E-state index in [2.05, 4.69) is 36.5 Å². The molecule has 3 N–H and O–H groups in total. The van der Waals surface area contributed by atoms with Gasteiger partial charge in [-0.15, -0.1) is 0 Å². The molecule has 0 spiro atoms. The van der Waals surface area contributed by atoms with Crippen molar-refractivity contribution in [3.05, 3.63) is 29.8 Å². The first kappa shape index (κ1) is 10.5. The average Bonchev–Trinajstić information content (AvgIpc) is 3.06. The van der Waals surface area contributed by atoms with Crippen LogP contribution in [0.1, 0.15) is 18.9 Å². The number of nitrogens with one attached hydrogen (secondary N) is 1. The Morgan fingerprint density at radius 2 is 2.00 bits per heavy atom. The number of rotatable bonds is 5. The molecule has 2 atom stereocenters. The molecule has 2 rings (SSSR count). The van der Waals surface area contributed by atoms with Gasteiger partial charge in [-0.25, -0.2) is 0 Å². The second kappa shape index (κ2) is 4.67. The minimum absolute atomic E-state index is 0.771. The molecule has 0 unspecified atom stereocenters. The Bertz CT molecular complexity index is 305. The summed E-state index contributed by atoms with van der Waals surface area (Å²) in [6.45, 7) is 4.10. The molecule has 0 aliphatic heterocycles. The van der Waals surface area contributed by atoms with Gasteiger partial charge in [0, 0.05) is 12.2 Å². The summed E-state index contributed by atoms with van der Waals surface area (Å²) < 4.78 is 0. The number of benzene rings is 1. The molecule has 0 heterocycles. The zero-order valence-corrected chi connectivity index (χ0v) is 9.37. The molecule has 2 heteroatoms. The topological polar surface area (TPSA) is 38.0 Å². The van der Waals surface area contributed by atoms with Crippen LogP contribution < -0.4 is 11.1 Å². The van der Waals surface area contributed by atoms with E-state index in [-0.39, 0.29) is 0 Å². The van der Waals surface area contributed by atoms with E-state index in [1.807, 2.05) is 0 Å². The van der Waals surface area contributed by atoms with Crippen molar-refractivity contribution in [3.8, 4) is 0 Å². The first-order valence-corrected chi connectivity index (χ1v) is 5.86. The molecule has 0 bridgehead atoms. The van der Waals surface area contributed by atoms with Gasteiger partial charge in [0.15, 0.2) is 0 Å². The first-order valence-electron chi connectivity index (χ1n) is 5.86. The molecule has 1 aromatic carbocycles. The fourth-order valence-corrected chi connectivity index (χ4v) is 1.96. The summed E-state index contributed by atoms with van der Waals surface area (Å²) in [7, 11) is 0. The van der Waals surface area contributed by atoms with Crippen molar-refractivity contribution in [2.75, 3.05) is 18.4 Å². The van der Waals surface area contributed by atoms with Crippen molar-refractivity contribution in [3.63, 3.8) is 0 Å². The van der Waals surface area contributed by atoms with Crippen LogP contribution in [0.15, 0.2) is 24.3 Å². The van der Waals surface area contributed by atoms with Crippen LogP contribution in [-0.2, 0) is 6.42 Å². The summed E-state index contributed by atoms with van der Waals surface area (Å²) in [6, 6.07) is 8.71. The Hall–Kier alpha value is -1.02. The molecule has 82 valence electrons. The lowest BCUT2D eigenvalue weighted by molar-refractivity contribution is 0.733. The van der Waals surface area contributed by atoms with E-state index in [4.69, 9.17) is 5.73 Å². The van der Waals surface area contributed by atoms with E-state index in [1.165, 1.54) is 17.7 Å². The number of hydrogen-bond acceptors (Lipinski definition) is 2. The molecule has 0 radical (unpaired) electrons. The lowest BCUT2D eigenvalue weighted by Crippen LogP contribution is -2.09. The number of anilines is 1. The third-order valence-electron chi connectivity index (χ3n) is 3.30. The van der Waals surface area contributed by atoms with E-state index in [1.54, 1.807) is 0 Å². The number of aryl methyl sites for hydroxylation is 1. The summed E-state index contributed by atoms with van der Waals surface area (Å²) >= 11 is 0. The summed E-state index contributed by atoms with van der Waals surface area (Å²) in [6.07, 6.45) is 2.41. The van der Waals surface area contributed by atoms with Gasteiger partial charge in [-0.05, 0) is 48.9 Å². The van der Waals surface area contributed by atoms with Crippen molar-refractivity contribution in [1.29, 1.82) is 0 Å². The first-order chi connectivity index (χ1) is 7.33. The van der Waals surface area contributed by atoms with Crippen LogP contribution in [0.5, 0.6) is 0 Å². The highest BCUT2D eigenvalue weighted by atomic mass is 14.9. The van der Waals surface area contributed by atoms with Crippen LogP contribution in [0, 0.1) is 11.8 Å². The monoisotopic (exact) mass is 204 g/mol. The van der Waals surface area contributed by atoms with Crippen LogP contribution in [0.3, 0.4) is 0 Å². The summed E-state index contributed by atoms with van der Waals surface area (Å²) in [5.74, 6) is 1.58. The molecular formula is C13H20N2. The molecule has 1 saturated carbocycles. The standard InChI is InChI=1S/C13H20N2/c1-2-10-3-5-13(6-4-10)15-9-12-7-11(12)8-14/h3-6,11-12,15H,2,7-9,14H2,1H3/t11-,12+/m1/s1. The van der Waals surface area contributed by atoms with Crippen molar-refractivity contribution in [2.24, 2.45) is 17.6 Å². The predicted molar refractivity (Wildman–Crippen MR) is 65.0 cm³/mol. The van der Waals surface area contributed by atoms with Gasteiger partial charge in [0.25, 0.3) is 0 Å². The molecule has 0 aromatic heterocycles. The smallest absolute Gasteiger partial charge is 0.0340 e. The Morgan fingerprint density at radius 1 is 1.27 bits per heavy atom. The Morgan fingerprint density at radius 3 is 2.53 bits per heavy atom. The average molecular weight is 204 g/mol. The maximum Gasteiger partial charge on any atom is 0.0340 e. The van der Waals surface area contributed by atoms with E-state index in [0.29, 0.717) is 0 Å². The van der Waals surface area contributed by atoms with E-state index < -0.39 is 0 Å². The molecule has 2 nitrogen and oxygen atoms in total.